The van der Waals surface area contributed by atoms with Crippen LogP contribution in [0.25, 0.3) is 16.9 Å². The van der Waals surface area contributed by atoms with Crippen molar-refractivity contribution >= 4 is 17.2 Å². The third-order valence-electron chi connectivity index (χ3n) is 3.37. The molecule has 0 saturated carbocycles. The van der Waals surface area contributed by atoms with Crippen molar-refractivity contribution in [3.63, 3.8) is 0 Å². The van der Waals surface area contributed by atoms with E-state index in [0.717, 1.165) is 33.8 Å². The van der Waals surface area contributed by atoms with Gasteiger partial charge in [-0.1, -0.05) is 0 Å². The van der Waals surface area contributed by atoms with Crippen LogP contribution in [0.3, 0.4) is 0 Å². The summed E-state index contributed by atoms with van der Waals surface area (Å²) in [4.78, 5) is 4.65. The summed E-state index contributed by atoms with van der Waals surface area (Å²) >= 11 is 5.85. The first-order valence-electron chi connectivity index (χ1n) is 6.40. The first kappa shape index (κ1) is 13.0. The van der Waals surface area contributed by atoms with E-state index in [1.54, 1.807) is 7.11 Å². The molecule has 0 fully saturated rings. The van der Waals surface area contributed by atoms with Crippen LogP contribution in [-0.2, 0) is 5.88 Å². The molecular formula is C16H15ClN2O. The van der Waals surface area contributed by atoms with Crippen LogP contribution in [-0.4, -0.2) is 16.5 Å². The SMILES string of the molecule is COc1ccc(-c2cn3ccc(CCl)cc3n2)cc1C. The van der Waals surface area contributed by atoms with Gasteiger partial charge >= 0.3 is 0 Å². The Bertz CT molecular complexity index is 764. The Balaban J connectivity index is 2.07. The summed E-state index contributed by atoms with van der Waals surface area (Å²) in [5, 5.41) is 0. The average molecular weight is 287 g/mol. The topological polar surface area (TPSA) is 26.5 Å². The number of imidazole rings is 1. The first-order valence-corrected chi connectivity index (χ1v) is 6.93. The van der Waals surface area contributed by atoms with Gasteiger partial charge in [0.1, 0.15) is 11.4 Å². The fourth-order valence-electron chi connectivity index (χ4n) is 2.28. The number of rotatable bonds is 3. The van der Waals surface area contributed by atoms with E-state index in [0.29, 0.717) is 5.88 Å². The molecule has 0 bridgehead atoms. The Morgan fingerprint density at radius 3 is 2.80 bits per heavy atom. The van der Waals surface area contributed by atoms with Crippen molar-refractivity contribution in [2.45, 2.75) is 12.8 Å². The van der Waals surface area contributed by atoms with Gasteiger partial charge in [-0.15, -0.1) is 11.6 Å². The van der Waals surface area contributed by atoms with E-state index in [1.807, 2.05) is 48.0 Å². The van der Waals surface area contributed by atoms with E-state index < -0.39 is 0 Å². The second-order valence-electron chi connectivity index (χ2n) is 4.74. The lowest BCUT2D eigenvalue weighted by molar-refractivity contribution is 0.412. The van der Waals surface area contributed by atoms with Crippen LogP contribution in [0, 0.1) is 6.92 Å². The molecule has 0 radical (unpaired) electrons. The number of alkyl halides is 1. The van der Waals surface area contributed by atoms with E-state index in [4.69, 9.17) is 16.3 Å². The van der Waals surface area contributed by atoms with Crippen molar-refractivity contribution in [3.05, 3.63) is 53.9 Å². The standard InChI is InChI=1S/C16H15ClN2O/c1-11-7-13(3-4-15(11)20-2)14-10-19-6-5-12(9-17)8-16(19)18-14/h3-8,10H,9H2,1-2H3. The number of halogens is 1. The number of fused-ring (bicyclic) bond motifs is 1. The molecular weight excluding hydrogens is 272 g/mol. The molecule has 2 aromatic heterocycles. The quantitative estimate of drug-likeness (QED) is 0.679. The minimum atomic E-state index is 0.500. The van der Waals surface area contributed by atoms with Crippen LogP contribution in [0.5, 0.6) is 5.75 Å². The number of nitrogens with zero attached hydrogens (tertiary/aromatic N) is 2. The number of aryl methyl sites for hydroxylation is 1. The van der Waals surface area contributed by atoms with Crippen LogP contribution in [0.4, 0.5) is 0 Å². The number of benzene rings is 1. The Hall–Kier alpha value is -2.00. The fraction of sp³-hybridized carbons (Fsp3) is 0.188. The van der Waals surface area contributed by atoms with Gasteiger partial charge in [0.25, 0.3) is 0 Å². The summed E-state index contributed by atoms with van der Waals surface area (Å²) in [7, 11) is 1.68. The smallest absolute Gasteiger partial charge is 0.137 e. The molecule has 2 heterocycles. The maximum atomic E-state index is 5.85. The Labute approximate surface area is 122 Å². The molecule has 0 spiro atoms. The summed E-state index contributed by atoms with van der Waals surface area (Å²) in [6, 6.07) is 10.1. The Morgan fingerprint density at radius 2 is 2.10 bits per heavy atom. The van der Waals surface area contributed by atoms with Crippen LogP contribution >= 0.6 is 11.6 Å². The van der Waals surface area contributed by atoms with Crippen LogP contribution in [0.1, 0.15) is 11.1 Å². The molecule has 20 heavy (non-hydrogen) atoms. The zero-order chi connectivity index (χ0) is 14.1. The van der Waals surface area contributed by atoms with Crippen LogP contribution in [0.2, 0.25) is 0 Å². The Kier molecular flexibility index (Phi) is 3.36. The predicted molar refractivity (Wildman–Crippen MR) is 81.5 cm³/mol. The van der Waals surface area contributed by atoms with Gasteiger partial charge in [0.05, 0.1) is 12.8 Å². The van der Waals surface area contributed by atoms with Crippen molar-refractivity contribution in [1.82, 2.24) is 9.38 Å². The second-order valence-corrected chi connectivity index (χ2v) is 5.01. The van der Waals surface area contributed by atoms with E-state index in [2.05, 4.69) is 11.1 Å². The maximum Gasteiger partial charge on any atom is 0.137 e. The summed E-state index contributed by atoms with van der Waals surface area (Å²) in [5.74, 6) is 1.39. The number of hydrogen-bond donors (Lipinski definition) is 0. The van der Waals surface area contributed by atoms with E-state index in [1.165, 1.54) is 0 Å². The van der Waals surface area contributed by atoms with Gasteiger partial charge in [0.2, 0.25) is 0 Å². The number of hydrogen-bond acceptors (Lipinski definition) is 2. The monoisotopic (exact) mass is 286 g/mol. The predicted octanol–water partition coefficient (Wildman–Crippen LogP) is 4.06. The molecule has 0 saturated heterocycles. The summed E-state index contributed by atoms with van der Waals surface area (Å²) in [6.07, 6.45) is 4.01. The van der Waals surface area contributed by atoms with Gasteiger partial charge in [0.15, 0.2) is 0 Å². The molecule has 102 valence electrons. The van der Waals surface area contributed by atoms with Gasteiger partial charge < -0.3 is 9.14 Å². The van der Waals surface area contributed by atoms with Gasteiger partial charge in [0, 0.05) is 23.8 Å². The van der Waals surface area contributed by atoms with Crippen molar-refractivity contribution in [2.24, 2.45) is 0 Å². The van der Waals surface area contributed by atoms with Crippen molar-refractivity contribution in [2.75, 3.05) is 7.11 Å². The number of ether oxygens (including phenoxy) is 1. The lowest BCUT2D eigenvalue weighted by Crippen LogP contribution is -1.87. The van der Waals surface area contributed by atoms with E-state index in [-0.39, 0.29) is 0 Å². The molecule has 4 heteroatoms. The van der Waals surface area contributed by atoms with Gasteiger partial charge in [-0.2, -0.15) is 0 Å². The zero-order valence-electron chi connectivity index (χ0n) is 11.4. The third kappa shape index (κ3) is 2.25. The lowest BCUT2D eigenvalue weighted by Gasteiger charge is -2.05. The molecule has 0 amide bonds. The minimum absolute atomic E-state index is 0.500. The van der Waals surface area contributed by atoms with Gasteiger partial charge in [-0.25, -0.2) is 4.98 Å². The van der Waals surface area contributed by atoms with Crippen molar-refractivity contribution in [3.8, 4) is 17.0 Å². The Morgan fingerprint density at radius 1 is 1.25 bits per heavy atom. The van der Waals surface area contributed by atoms with Gasteiger partial charge in [-0.3, -0.25) is 0 Å². The average Bonchev–Trinajstić information content (AvgIpc) is 2.89. The highest BCUT2D eigenvalue weighted by Gasteiger charge is 2.07. The van der Waals surface area contributed by atoms with Crippen molar-refractivity contribution < 1.29 is 4.74 Å². The fourth-order valence-corrected chi connectivity index (χ4v) is 2.45. The summed E-state index contributed by atoms with van der Waals surface area (Å²) in [6.45, 7) is 2.03. The second kappa shape index (κ2) is 5.17. The first-order chi connectivity index (χ1) is 9.71. The molecule has 3 rings (SSSR count). The molecule has 0 N–H and O–H groups in total. The molecule has 0 atom stereocenters. The molecule has 3 nitrogen and oxygen atoms in total. The minimum Gasteiger partial charge on any atom is -0.496 e. The summed E-state index contributed by atoms with van der Waals surface area (Å²) in [5.41, 5.74) is 5.11. The van der Waals surface area contributed by atoms with E-state index in [9.17, 15) is 0 Å². The molecule has 0 aliphatic heterocycles. The highest BCUT2D eigenvalue weighted by atomic mass is 35.5. The third-order valence-corrected chi connectivity index (χ3v) is 3.68. The highest BCUT2D eigenvalue weighted by molar-refractivity contribution is 6.17. The number of aromatic nitrogens is 2. The van der Waals surface area contributed by atoms with Gasteiger partial charge in [-0.05, 0) is 48.4 Å². The normalized spacial score (nSPS) is 10.9. The molecule has 0 aliphatic rings. The maximum absolute atomic E-state index is 5.85. The van der Waals surface area contributed by atoms with E-state index >= 15 is 0 Å². The molecule has 3 aromatic rings. The zero-order valence-corrected chi connectivity index (χ0v) is 12.2. The molecule has 0 aliphatic carbocycles. The van der Waals surface area contributed by atoms with Crippen LogP contribution in [0.15, 0.2) is 42.7 Å². The lowest BCUT2D eigenvalue weighted by atomic mass is 10.1. The number of methoxy groups -OCH3 is 1. The van der Waals surface area contributed by atoms with Crippen molar-refractivity contribution in [1.29, 1.82) is 0 Å². The highest BCUT2D eigenvalue weighted by Crippen LogP contribution is 2.26. The largest absolute Gasteiger partial charge is 0.496 e. The molecule has 1 aromatic carbocycles. The number of pyridine rings is 1. The van der Waals surface area contributed by atoms with Crippen LogP contribution < -0.4 is 4.74 Å². The summed E-state index contributed by atoms with van der Waals surface area (Å²) < 4.78 is 7.29. The molecule has 0 unspecified atom stereocenters.